The lowest BCUT2D eigenvalue weighted by Gasteiger charge is -1.93. The van der Waals surface area contributed by atoms with Crippen molar-refractivity contribution in [3.05, 3.63) is 0 Å². The summed E-state index contributed by atoms with van der Waals surface area (Å²) in [5, 5.41) is 0.0278. The van der Waals surface area contributed by atoms with Crippen LogP contribution in [0.3, 0.4) is 0 Å². The van der Waals surface area contributed by atoms with E-state index in [-0.39, 0.29) is 5.12 Å². The van der Waals surface area contributed by atoms with Crippen LogP contribution in [-0.2, 0) is 4.79 Å². The number of hydrogen-bond acceptors (Lipinski definition) is 4. The number of carbonyl (C=O) groups is 1. The van der Waals surface area contributed by atoms with Gasteiger partial charge in [-0.15, -0.1) is 11.8 Å². The molecule has 0 aromatic rings. The molecule has 0 unspecified atom stereocenters. The predicted molar refractivity (Wildman–Crippen MR) is 49.3 cm³/mol. The van der Waals surface area contributed by atoms with Crippen molar-refractivity contribution in [3.63, 3.8) is 0 Å². The quantitative estimate of drug-likeness (QED) is 0.573. The second kappa shape index (κ2) is 5.26. The molecule has 4 heteroatoms. The molecule has 0 aliphatic heterocycles. The van der Waals surface area contributed by atoms with Gasteiger partial charge < -0.3 is 0 Å². The molecule has 0 fully saturated rings. The van der Waals surface area contributed by atoms with Gasteiger partial charge in [0.25, 0.3) is 0 Å². The van der Waals surface area contributed by atoms with Crippen LogP contribution in [0.15, 0.2) is 0 Å². The Morgan fingerprint density at radius 1 is 1.67 bits per heavy atom. The number of thiocarbonyl (C=S) groups is 1. The molecule has 0 aromatic carbocycles. The van der Waals surface area contributed by atoms with Gasteiger partial charge in [0.2, 0.25) is 5.12 Å². The smallest absolute Gasteiger partial charge is 0.236 e. The molecule has 0 N–H and O–H groups in total. The fraction of sp³-hybridized carbons (Fsp3) is 0.600. The summed E-state index contributed by atoms with van der Waals surface area (Å²) >= 11 is 7.33. The van der Waals surface area contributed by atoms with Crippen LogP contribution in [0.2, 0.25) is 0 Å². The van der Waals surface area contributed by atoms with Gasteiger partial charge in [-0.1, -0.05) is 30.9 Å². The lowest BCUT2D eigenvalue weighted by atomic mass is 10.9. The van der Waals surface area contributed by atoms with E-state index in [0.29, 0.717) is 4.20 Å². The van der Waals surface area contributed by atoms with E-state index in [0.717, 1.165) is 5.75 Å². The zero-order chi connectivity index (χ0) is 7.28. The molecule has 0 aliphatic rings. The van der Waals surface area contributed by atoms with Gasteiger partial charge in [0.15, 0.2) is 0 Å². The Bertz CT molecular complexity index is 121. The minimum absolute atomic E-state index is 0.0278. The third-order valence-corrected chi connectivity index (χ3v) is 2.88. The highest BCUT2D eigenvalue weighted by molar-refractivity contribution is 8.31. The zero-order valence-corrected chi connectivity index (χ0v) is 7.79. The maximum Gasteiger partial charge on any atom is 0.236 e. The molecule has 0 saturated carbocycles. The molecule has 0 rings (SSSR count). The maximum atomic E-state index is 10.8. The Labute approximate surface area is 69.0 Å². The largest absolute Gasteiger partial charge is 0.280 e. The Morgan fingerprint density at radius 2 is 2.22 bits per heavy atom. The van der Waals surface area contributed by atoms with E-state index in [4.69, 9.17) is 12.2 Å². The van der Waals surface area contributed by atoms with Gasteiger partial charge in [0, 0.05) is 0 Å². The Balaban J connectivity index is 3.60. The predicted octanol–water partition coefficient (Wildman–Crippen LogP) is 1.96. The molecule has 1 nitrogen and oxygen atoms in total. The third-order valence-electron chi connectivity index (χ3n) is 0.627. The van der Waals surface area contributed by atoms with E-state index in [1.807, 2.05) is 13.2 Å². The van der Waals surface area contributed by atoms with E-state index >= 15 is 0 Å². The van der Waals surface area contributed by atoms with Crippen LogP contribution in [0.5, 0.6) is 0 Å². The van der Waals surface area contributed by atoms with E-state index < -0.39 is 0 Å². The van der Waals surface area contributed by atoms with Crippen LogP contribution in [0.4, 0.5) is 0 Å². The van der Waals surface area contributed by atoms with E-state index in [1.54, 1.807) is 0 Å². The summed E-state index contributed by atoms with van der Waals surface area (Å²) in [5.41, 5.74) is 0. The molecular formula is C5H8OS3. The molecular weight excluding hydrogens is 172 g/mol. The standard InChI is InChI=1S/C5H8OS3/c1-3-9-4(6)5(7)8-2/h3H2,1-2H3. The van der Waals surface area contributed by atoms with Crippen molar-refractivity contribution < 1.29 is 4.79 Å². The Kier molecular flexibility index (Phi) is 5.53. The average Bonchev–Trinajstić information content (AvgIpc) is 1.87. The van der Waals surface area contributed by atoms with Gasteiger partial charge in [-0.05, 0) is 12.0 Å². The second-order valence-corrected chi connectivity index (χ2v) is 3.93. The molecule has 9 heavy (non-hydrogen) atoms. The van der Waals surface area contributed by atoms with Gasteiger partial charge in [0.05, 0.1) is 0 Å². The van der Waals surface area contributed by atoms with Crippen molar-refractivity contribution in [3.8, 4) is 0 Å². The van der Waals surface area contributed by atoms with Gasteiger partial charge in [-0.25, -0.2) is 0 Å². The Morgan fingerprint density at radius 3 is 2.56 bits per heavy atom. The molecule has 0 atom stereocenters. The first-order valence-electron chi connectivity index (χ1n) is 2.47. The number of rotatable bonds is 1. The van der Waals surface area contributed by atoms with E-state index in [2.05, 4.69) is 0 Å². The minimum atomic E-state index is 0.0278. The average molecular weight is 180 g/mol. The topological polar surface area (TPSA) is 17.1 Å². The van der Waals surface area contributed by atoms with Crippen molar-refractivity contribution >= 4 is 45.1 Å². The number of carbonyl (C=O) groups excluding carboxylic acids is 1. The first-order valence-corrected chi connectivity index (χ1v) is 5.09. The van der Waals surface area contributed by atoms with Gasteiger partial charge in [-0.3, -0.25) is 4.79 Å². The summed E-state index contributed by atoms with van der Waals surface area (Å²) in [6.07, 6.45) is 1.82. The summed E-state index contributed by atoms with van der Waals surface area (Å²) in [5.74, 6) is 0.805. The van der Waals surface area contributed by atoms with Gasteiger partial charge in [0.1, 0.15) is 4.20 Å². The maximum absolute atomic E-state index is 10.8. The zero-order valence-electron chi connectivity index (χ0n) is 5.34. The normalized spacial score (nSPS) is 9.11. The van der Waals surface area contributed by atoms with Gasteiger partial charge >= 0.3 is 0 Å². The first kappa shape index (κ1) is 9.46. The molecule has 0 aliphatic carbocycles. The van der Waals surface area contributed by atoms with Crippen molar-refractivity contribution in [1.82, 2.24) is 0 Å². The summed E-state index contributed by atoms with van der Waals surface area (Å²) in [6, 6.07) is 0. The third kappa shape index (κ3) is 3.95. The molecule has 0 heterocycles. The summed E-state index contributed by atoms with van der Waals surface area (Å²) < 4.78 is 0.474. The van der Waals surface area contributed by atoms with Crippen molar-refractivity contribution in [1.29, 1.82) is 0 Å². The van der Waals surface area contributed by atoms with Crippen molar-refractivity contribution in [2.24, 2.45) is 0 Å². The first-order chi connectivity index (χ1) is 4.22. The van der Waals surface area contributed by atoms with Crippen molar-refractivity contribution in [2.75, 3.05) is 12.0 Å². The van der Waals surface area contributed by atoms with Crippen LogP contribution in [0, 0.1) is 0 Å². The summed E-state index contributed by atoms with van der Waals surface area (Å²) in [7, 11) is 0. The highest BCUT2D eigenvalue weighted by Gasteiger charge is 2.05. The molecule has 0 amide bonds. The SMILES string of the molecule is CCSC(=O)C(=S)SC. The molecule has 0 spiro atoms. The van der Waals surface area contributed by atoms with Crippen LogP contribution in [0.25, 0.3) is 0 Å². The van der Waals surface area contributed by atoms with Crippen LogP contribution < -0.4 is 0 Å². The second-order valence-electron chi connectivity index (χ2n) is 1.21. The summed E-state index contributed by atoms with van der Waals surface area (Å²) in [6.45, 7) is 1.94. The lowest BCUT2D eigenvalue weighted by molar-refractivity contribution is -0.105. The fourth-order valence-corrected chi connectivity index (χ4v) is 1.42. The molecule has 0 bridgehead atoms. The van der Waals surface area contributed by atoms with Crippen LogP contribution >= 0.6 is 35.7 Å². The number of thioether (sulfide) groups is 2. The summed E-state index contributed by atoms with van der Waals surface area (Å²) in [4.78, 5) is 10.8. The van der Waals surface area contributed by atoms with E-state index in [9.17, 15) is 4.79 Å². The molecule has 0 saturated heterocycles. The highest BCUT2D eigenvalue weighted by atomic mass is 32.2. The monoisotopic (exact) mass is 180 g/mol. The molecule has 0 aromatic heterocycles. The number of hydrogen-bond donors (Lipinski definition) is 0. The highest BCUT2D eigenvalue weighted by Crippen LogP contribution is 2.09. The molecule has 0 radical (unpaired) electrons. The fourth-order valence-electron chi connectivity index (χ4n) is 0.273. The van der Waals surface area contributed by atoms with E-state index in [1.165, 1.54) is 23.5 Å². The molecule has 52 valence electrons. The van der Waals surface area contributed by atoms with Crippen LogP contribution in [-0.4, -0.2) is 21.3 Å². The van der Waals surface area contributed by atoms with Crippen molar-refractivity contribution in [2.45, 2.75) is 6.92 Å². The van der Waals surface area contributed by atoms with Gasteiger partial charge in [-0.2, -0.15) is 0 Å². The lowest BCUT2D eigenvalue weighted by Crippen LogP contribution is -2.01. The minimum Gasteiger partial charge on any atom is -0.280 e. The Hall–Kier alpha value is 0.460. The van der Waals surface area contributed by atoms with Crippen LogP contribution in [0.1, 0.15) is 6.92 Å².